The van der Waals surface area contributed by atoms with Crippen LogP contribution in [0.3, 0.4) is 0 Å². The summed E-state index contributed by atoms with van der Waals surface area (Å²) in [5, 5.41) is 6.85. The molecular formula is C41H41N4O8S+. The molecule has 0 saturated carbocycles. The third-order valence-electron chi connectivity index (χ3n) is 8.85. The average Bonchev–Trinajstić information content (AvgIpc) is 3.17. The molecule has 278 valence electrons. The van der Waals surface area contributed by atoms with Crippen molar-refractivity contribution in [3.8, 4) is 22.5 Å². The van der Waals surface area contributed by atoms with Crippen LogP contribution in [0.4, 0.5) is 26.7 Å². The van der Waals surface area contributed by atoms with E-state index in [1.165, 1.54) is 6.07 Å². The Balaban J connectivity index is 1.34. The second kappa shape index (κ2) is 17.1. The lowest BCUT2D eigenvalue weighted by atomic mass is 9.93. The summed E-state index contributed by atoms with van der Waals surface area (Å²) in [4.78, 5) is 26.6. The maximum atomic E-state index is 12.6. The number of likely N-dealkylation sites (N-methyl/N-ethyl adjacent to an activating group) is 2. The normalized spacial score (nSPS) is 11.9. The van der Waals surface area contributed by atoms with Gasteiger partial charge in [-0.25, -0.2) is 14.2 Å². The van der Waals surface area contributed by atoms with Crippen molar-refractivity contribution in [3.63, 3.8) is 0 Å². The Morgan fingerprint density at radius 1 is 0.759 bits per heavy atom. The molecule has 3 N–H and O–H groups in total. The molecule has 2 aliphatic rings. The van der Waals surface area contributed by atoms with Crippen LogP contribution in [-0.4, -0.2) is 64.5 Å². The van der Waals surface area contributed by atoms with Gasteiger partial charge < -0.3 is 18.8 Å². The maximum Gasteiger partial charge on any atom is 0.411 e. The van der Waals surface area contributed by atoms with Crippen molar-refractivity contribution in [3.05, 3.63) is 127 Å². The maximum absolute atomic E-state index is 12.6. The van der Waals surface area contributed by atoms with Gasteiger partial charge in [0.1, 0.15) is 29.4 Å². The van der Waals surface area contributed by atoms with Gasteiger partial charge in [-0.15, -0.1) is 0 Å². The van der Waals surface area contributed by atoms with Crippen LogP contribution in [0.25, 0.3) is 33.4 Å². The van der Waals surface area contributed by atoms with Crippen LogP contribution in [0.15, 0.2) is 131 Å². The van der Waals surface area contributed by atoms with Crippen molar-refractivity contribution in [2.24, 2.45) is 0 Å². The summed E-state index contributed by atoms with van der Waals surface area (Å²) in [6, 6.07) is 35.7. The van der Waals surface area contributed by atoms with Gasteiger partial charge in [0.15, 0.2) is 13.2 Å². The second-order valence-corrected chi connectivity index (χ2v) is 13.6. The van der Waals surface area contributed by atoms with E-state index in [4.69, 9.17) is 13.9 Å². The smallest absolute Gasteiger partial charge is 0.411 e. The van der Waals surface area contributed by atoms with Gasteiger partial charge in [-0.3, -0.25) is 15.2 Å². The lowest BCUT2D eigenvalue weighted by Crippen LogP contribution is -2.33. The van der Waals surface area contributed by atoms with E-state index in [0.29, 0.717) is 71.0 Å². The fraction of sp³-hybridized carbons (Fsp3) is 0.195. The summed E-state index contributed by atoms with van der Waals surface area (Å²) >= 11 is 0. The molecule has 1 aliphatic heterocycles. The highest BCUT2D eigenvalue weighted by molar-refractivity contribution is 7.86. The van der Waals surface area contributed by atoms with E-state index in [2.05, 4.69) is 10.6 Å². The zero-order chi connectivity index (χ0) is 38.1. The molecule has 54 heavy (non-hydrogen) atoms. The summed E-state index contributed by atoms with van der Waals surface area (Å²) in [5.74, 6) is 0.474. The second-order valence-electron chi connectivity index (χ2n) is 12.2. The highest BCUT2D eigenvalue weighted by Gasteiger charge is 2.24. The van der Waals surface area contributed by atoms with Gasteiger partial charge in [0.05, 0.1) is 12.6 Å². The molecule has 0 saturated heterocycles. The first-order chi connectivity index (χ1) is 26.1. The number of para-hydroxylation sites is 2. The fourth-order valence-electron chi connectivity index (χ4n) is 6.24. The predicted molar refractivity (Wildman–Crippen MR) is 209 cm³/mol. The summed E-state index contributed by atoms with van der Waals surface area (Å²) in [6.07, 6.45) is -1.11. The number of nitrogens with zero attached hydrogens (tertiary/aromatic N) is 2. The first-order valence-corrected chi connectivity index (χ1v) is 19.0. The standard InChI is InChI=1S/C41H40N4O8S/c1-3-44(23-25-51-40(46)42-29-13-7-5-8-14-29)31-19-21-33-36(27-31)53-37-28-32(45(4-2)24-26-52-41(47)43-30-15-9-6-10-16-30)20-22-34(37)39(33)35-17-11-12-18-38(35)54(48,49)50/h5-22,27-28H,3-4,23-26H2,1-2H3,(H2-,42,43,46,47,48,49,50)/p+1. The number of hydrogen-bond acceptors (Lipinski definition) is 8. The minimum atomic E-state index is -4.59. The number of hydrogen-bond donors (Lipinski definition) is 3. The van der Waals surface area contributed by atoms with Crippen molar-refractivity contribution in [1.29, 1.82) is 0 Å². The molecule has 1 heterocycles. The average molecular weight is 750 g/mol. The van der Waals surface area contributed by atoms with Gasteiger partial charge in [0.25, 0.3) is 10.1 Å². The van der Waals surface area contributed by atoms with Gasteiger partial charge >= 0.3 is 12.2 Å². The zero-order valence-electron chi connectivity index (χ0n) is 29.9. The monoisotopic (exact) mass is 749 g/mol. The molecule has 6 rings (SSSR count). The fourth-order valence-corrected chi connectivity index (χ4v) is 6.94. The van der Waals surface area contributed by atoms with Gasteiger partial charge in [-0.2, -0.15) is 8.42 Å². The Labute approximate surface area is 313 Å². The molecular weight excluding hydrogens is 709 g/mol. The van der Waals surface area contributed by atoms with Crippen LogP contribution in [0.5, 0.6) is 0 Å². The molecule has 0 spiro atoms. The number of amides is 2. The molecule has 0 atom stereocenters. The van der Waals surface area contributed by atoms with E-state index < -0.39 is 22.3 Å². The first-order valence-electron chi connectivity index (χ1n) is 17.5. The van der Waals surface area contributed by atoms with E-state index in [-0.39, 0.29) is 18.1 Å². The Hall–Kier alpha value is -6.18. The van der Waals surface area contributed by atoms with Crippen LogP contribution in [0, 0.1) is 0 Å². The Morgan fingerprint density at radius 3 is 2.02 bits per heavy atom. The topological polar surface area (TPSA) is 150 Å². The number of nitrogens with one attached hydrogen (secondary N) is 2. The van der Waals surface area contributed by atoms with E-state index in [1.807, 2.05) is 96.1 Å². The molecule has 0 aromatic heterocycles. The van der Waals surface area contributed by atoms with Crippen molar-refractivity contribution in [2.75, 3.05) is 54.9 Å². The number of benzene rings is 5. The van der Waals surface area contributed by atoms with Crippen LogP contribution >= 0.6 is 0 Å². The van der Waals surface area contributed by atoms with Crippen molar-refractivity contribution in [2.45, 2.75) is 18.7 Å². The van der Waals surface area contributed by atoms with Crippen LogP contribution in [0.2, 0.25) is 0 Å². The lowest BCUT2D eigenvalue weighted by molar-refractivity contribution is 0.160. The Morgan fingerprint density at radius 2 is 1.39 bits per heavy atom. The third kappa shape index (κ3) is 9.06. The van der Waals surface area contributed by atoms with Gasteiger partial charge in [0.2, 0.25) is 5.36 Å². The Bertz CT molecular complexity index is 2400. The van der Waals surface area contributed by atoms with Crippen LogP contribution < -0.4 is 25.5 Å². The summed E-state index contributed by atoms with van der Waals surface area (Å²) < 4.78 is 54.9. The number of fused-ring (bicyclic) bond motifs is 2. The van der Waals surface area contributed by atoms with Crippen molar-refractivity contribution < 1.29 is 36.5 Å². The van der Waals surface area contributed by atoms with E-state index in [0.717, 1.165) is 11.0 Å². The highest BCUT2D eigenvalue weighted by atomic mass is 32.2. The minimum Gasteiger partial charge on any atom is -0.456 e. The number of anilines is 3. The van der Waals surface area contributed by atoms with Crippen molar-refractivity contribution >= 4 is 50.3 Å². The molecule has 2 amide bonds. The number of carbonyl (C=O) groups excluding carboxylic acids is 2. The molecule has 12 nitrogen and oxygen atoms in total. The van der Waals surface area contributed by atoms with Gasteiger partial charge in [0, 0.05) is 57.8 Å². The quantitative estimate of drug-likeness (QED) is 0.0617. The number of ether oxygens (including phenoxy) is 2. The molecule has 0 fully saturated rings. The summed E-state index contributed by atoms with van der Waals surface area (Å²) in [7, 11) is -4.59. The molecule has 0 unspecified atom stereocenters. The molecule has 0 bridgehead atoms. The third-order valence-corrected chi connectivity index (χ3v) is 9.76. The largest absolute Gasteiger partial charge is 0.456 e. The summed E-state index contributed by atoms with van der Waals surface area (Å²) in [6.45, 7) is 6.22. The minimum absolute atomic E-state index is 0.125. The molecule has 1 aliphatic carbocycles. The first kappa shape index (κ1) is 37.6. The number of rotatable bonds is 13. The Kier molecular flexibility index (Phi) is 11.9. The zero-order valence-corrected chi connectivity index (χ0v) is 30.7. The predicted octanol–water partition coefficient (Wildman–Crippen LogP) is 7.57. The van der Waals surface area contributed by atoms with E-state index >= 15 is 0 Å². The molecule has 0 radical (unpaired) electrons. The van der Waals surface area contributed by atoms with Gasteiger partial charge in [-0.05, 0) is 62.4 Å². The lowest BCUT2D eigenvalue weighted by Gasteiger charge is -2.24. The van der Waals surface area contributed by atoms with E-state index in [1.54, 1.807) is 42.5 Å². The molecule has 4 aromatic rings. The summed E-state index contributed by atoms with van der Waals surface area (Å²) in [5.41, 5.74) is 4.07. The van der Waals surface area contributed by atoms with Gasteiger partial charge in [-0.1, -0.05) is 54.6 Å². The highest BCUT2D eigenvalue weighted by Crippen LogP contribution is 2.42. The number of carbonyl (C=O) groups is 2. The van der Waals surface area contributed by atoms with Crippen molar-refractivity contribution in [1.82, 2.24) is 4.58 Å². The van der Waals surface area contributed by atoms with E-state index in [9.17, 15) is 22.6 Å². The molecule has 13 heteroatoms. The molecule has 4 aromatic carbocycles. The van der Waals surface area contributed by atoms with Crippen LogP contribution in [0.1, 0.15) is 13.8 Å². The SMILES string of the molecule is CCN(CCOC(=O)Nc1ccccc1)c1ccc2c(-c3ccccc3S(=O)(=O)O)c3cc/c(=[N+](/CC)CCOC(=O)Nc4ccccc4)cc-3oc2c1. The van der Waals surface area contributed by atoms with Crippen LogP contribution in [-0.2, 0) is 19.6 Å².